The van der Waals surface area contributed by atoms with Gasteiger partial charge < -0.3 is 9.73 Å². The van der Waals surface area contributed by atoms with Gasteiger partial charge in [-0.1, -0.05) is 24.6 Å². The first-order valence-corrected chi connectivity index (χ1v) is 10.4. The number of nitrogens with one attached hydrogen (secondary N) is 1. The van der Waals surface area contributed by atoms with Gasteiger partial charge in [-0.15, -0.1) is 0 Å². The predicted molar refractivity (Wildman–Crippen MR) is 121 cm³/mol. The summed E-state index contributed by atoms with van der Waals surface area (Å²) in [6.07, 6.45) is 0.928. The number of carbonyl (C=O) groups is 1. The third-order valence-corrected chi connectivity index (χ3v) is 5.73. The number of rotatable bonds is 4. The van der Waals surface area contributed by atoms with Crippen LogP contribution in [0.25, 0.3) is 22.6 Å². The summed E-state index contributed by atoms with van der Waals surface area (Å²) >= 11 is 9.67. The average Bonchev–Trinajstić information content (AvgIpc) is 3.15. The van der Waals surface area contributed by atoms with Crippen LogP contribution in [-0.4, -0.2) is 10.9 Å². The zero-order valence-corrected chi connectivity index (χ0v) is 18.3. The van der Waals surface area contributed by atoms with Crippen LogP contribution in [-0.2, 0) is 6.42 Å². The highest BCUT2D eigenvalue weighted by Gasteiger charge is 2.13. The van der Waals surface area contributed by atoms with Gasteiger partial charge in [0.25, 0.3) is 5.91 Å². The number of aromatic nitrogens is 1. The molecule has 3 aromatic carbocycles. The molecule has 0 unspecified atom stereocenters. The minimum atomic E-state index is -0.211. The van der Waals surface area contributed by atoms with E-state index in [2.05, 4.69) is 33.2 Å². The Labute approximate surface area is 182 Å². The third-order valence-electron chi connectivity index (χ3n) is 4.74. The Hall–Kier alpha value is -2.63. The lowest BCUT2D eigenvalue weighted by molar-refractivity contribution is 0.102. The molecule has 0 atom stereocenters. The molecular weight excluding hydrogens is 452 g/mol. The summed E-state index contributed by atoms with van der Waals surface area (Å²) in [6, 6.07) is 16.7. The third kappa shape index (κ3) is 4.07. The van der Waals surface area contributed by atoms with Gasteiger partial charge >= 0.3 is 0 Å². The number of hydrogen-bond acceptors (Lipinski definition) is 3. The minimum Gasteiger partial charge on any atom is -0.435 e. The number of anilines is 1. The molecule has 0 aliphatic carbocycles. The Kier molecular flexibility index (Phi) is 5.43. The fourth-order valence-electron chi connectivity index (χ4n) is 3.01. The molecule has 6 heteroatoms. The normalized spacial score (nSPS) is 11.0. The van der Waals surface area contributed by atoms with Gasteiger partial charge in [-0.2, -0.15) is 0 Å². The Morgan fingerprint density at radius 2 is 1.90 bits per heavy atom. The van der Waals surface area contributed by atoms with E-state index in [0.29, 0.717) is 22.2 Å². The van der Waals surface area contributed by atoms with Crippen LogP contribution in [0.3, 0.4) is 0 Å². The number of halogens is 2. The second-order valence-corrected chi connectivity index (χ2v) is 8.06. The molecule has 0 fully saturated rings. The number of amides is 1. The van der Waals surface area contributed by atoms with Gasteiger partial charge in [0.1, 0.15) is 5.52 Å². The molecule has 4 rings (SSSR count). The molecule has 4 aromatic rings. The lowest BCUT2D eigenvalue weighted by atomic mass is 10.1. The van der Waals surface area contributed by atoms with Crippen LogP contribution in [0, 0.1) is 6.92 Å². The maximum Gasteiger partial charge on any atom is 0.255 e. The Balaban J connectivity index is 1.56. The second kappa shape index (κ2) is 8.01. The van der Waals surface area contributed by atoms with Crippen molar-refractivity contribution in [2.75, 3.05) is 5.32 Å². The van der Waals surface area contributed by atoms with Crippen molar-refractivity contribution in [3.8, 4) is 11.5 Å². The Morgan fingerprint density at radius 3 is 2.59 bits per heavy atom. The topological polar surface area (TPSA) is 55.1 Å². The fraction of sp³-hybridized carbons (Fsp3) is 0.130. The Bertz CT molecular complexity index is 1220. The number of benzene rings is 3. The van der Waals surface area contributed by atoms with Crippen molar-refractivity contribution in [2.24, 2.45) is 0 Å². The zero-order chi connectivity index (χ0) is 20.5. The number of oxazole rings is 1. The SMILES string of the molecule is CCc1cc(Br)c2oc(-c3ccc(NC(=O)c4ccc(C)c(Cl)c4)cc3)nc2c1. The first-order chi connectivity index (χ1) is 13.9. The molecule has 0 spiro atoms. The molecule has 0 saturated heterocycles. The molecule has 1 amide bonds. The minimum absolute atomic E-state index is 0.211. The van der Waals surface area contributed by atoms with Crippen LogP contribution in [0.2, 0.25) is 5.02 Å². The van der Waals surface area contributed by atoms with Crippen molar-refractivity contribution < 1.29 is 9.21 Å². The molecule has 0 aliphatic rings. The summed E-state index contributed by atoms with van der Waals surface area (Å²) in [5, 5.41) is 3.45. The number of aryl methyl sites for hydroxylation is 2. The molecule has 146 valence electrons. The van der Waals surface area contributed by atoms with Crippen molar-refractivity contribution in [3.63, 3.8) is 0 Å². The standard InChI is InChI=1S/C23H18BrClN2O2/c1-3-14-10-18(24)21-20(11-14)27-23(29-21)15-6-8-17(9-7-15)26-22(28)16-5-4-13(2)19(25)12-16/h4-12H,3H2,1-2H3,(H,26,28). The smallest absolute Gasteiger partial charge is 0.255 e. The molecular formula is C23H18BrClN2O2. The lowest BCUT2D eigenvalue weighted by Gasteiger charge is -2.07. The maximum absolute atomic E-state index is 12.4. The summed E-state index contributed by atoms with van der Waals surface area (Å²) in [4.78, 5) is 17.1. The number of fused-ring (bicyclic) bond motifs is 1. The first-order valence-electron chi connectivity index (χ1n) is 9.21. The molecule has 4 nitrogen and oxygen atoms in total. The average molecular weight is 470 g/mol. The highest BCUT2D eigenvalue weighted by molar-refractivity contribution is 9.10. The molecule has 0 aliphatic heterocycles. The Morgan fingerprint density at radius 1 is 1.14 bits per heavy atom. The van der Waals surface area contributed by atoms with Gasteiger partial charge in [0.05, 0.1) is 4.47 Å². The zero-order valence-electron chi connectivity index (χ0n) is 15.9. The van der Waals surface area contributed by atoms with Crippen LogP contribution >= 0.6 is 27.5 Å². The van der Waals surface area contributed by atoms with Gasteiger partial charge in [0.2, 0.25) is 5.89 Å². The van der Waals surface area contributed by atoms with Crippen LogP contribution in [0.4, 0.5) is 5.69 Å². The summed E-state index contributed by atoms with van der Waals surface area (Å²) in [6.45, 7) is 4.00. The van der Waals surface area contributed by atoms with Crippen LogP contribution < -0.4 is 5.32 Å². The molecule has 1 aromatic heterocycles. The van der Waals surface area contributed by atoms with Crippen LogP contribution in [0.1, 0.15) is 28.4 Å². The van der Waals surface area contributed by atoms with Gasteiger partial charge in [-0.3, -0.25) is 4.79 Å². The molecule has 0 bridgehead atoms. The molecule has 1 N–H and O–H groups in total. The molecule has 0 saturated carbocycles. The van der Waals surface area contributed by atoms with Gasteiger partial charge in [-0.05, 0) is 88.9 Å². The lowest BCUT2D eigenvalue weighted by Crippen LogP contribution is -2.11. The first kappa shape index (κ1) is 19.7. The number of nitrogens with zero attached hydrogens (tertiary/aromatic N) is 1. The van der Waals surface area contributed by atoms with Crippen LogP contribution in [0.5, 0.6) is 0 Å². The highest BCUT2D eigenvalue weighted by atomic mass is 79.9. The van der Waals surface area contributed by atoms with E-state index in [9.17, 15) is 4.79 Å². The van der Waals surface area contributed by atoms with Crippen molar-refractivity contribution in [3.05, 3.63) is 80.8 Å². The van der Waals surface area contributed by atoms with E-state index in [1.807, 2.05) is 49.4 Å². The number of hydrogen-bond donors (Lipinski definition) is 1. The van der Waals surface area contributed by atoms with Gasteiger partial charge in [-0.25, -0.2) is 4.98 Å². The van der Waals surface area contributed by atoms with Crippen molar-refractivity contribution in [2.45, 2.75) is 20.3 Å². The highest BCUT2D eigenvalue weighted by Crippen LogP contribution is 2.31. The van der Waals surface area contributed by atoms with E-state index < -0.39 is 0 Å². The largest absolute Gasteiger partial charge is 0.435 e. The predicted octanol–water partition coefficient (Wildman–Crippen LogP) is 7.03. The van der Waals surface area contributed by atoms with Crippen molar-refractivity contribution in [1.29, 1.82) is 0 Å². The molecule has 0 radical (unpaired) electrons. The summed E-state index contributed by atoms with van der Waals surface area (Å²) in [5.74, 6) is 0.328. The van der Waals surface area contributed by atoms with Crippen molar-refractivity contribution in [1.82, 2.24) is 4.98 Å². The van der Waals surface area contributed by atoms with E-state index in [1.165, 1.54) is 5.56 Å². The fourth-order valence-corrected chi connectivity index (χ4v) is 3.77. The quantitative estimate of drug-likeness (QED) is 0.349. The van der Waals surface area contributed by atoms with E-state index in [4.69, 9.17) is 16.0 Å². The molecule has 1 heterocycles. The van der Waals surface area contributed by atoms with Crippen LogP contribution in [0.15, 0.2) is 63.5 Å². The number of carbonyl (C=O) groups excluding carboxylic acids is 1. The summed E-state index contributed by atoms with van der Waals surface area (Å²) < 4.78 is 6.83. The van der Waals surface area contributed by atoms with E-state index in [0.717, 1.165) is 33.1 Å². The van der Waals surface area contributed by atoms with Crippen molar-refractivity contribution >= 4 is 50.2 Å². The summed E-state index contributed by atoms with van der Waals surface area (Å²) in [7, 11) is 0. The van der Waals surface area contributed by atoms with E-state index >= 15 is 0 Å². The van der Waals surface area contributed by atoms with Gasteiger partial charge in [0, 0.05) is 21.8 Å². The van der Waals surface area contributed by atoms with E-state index in [-0.39, 0.29) is 5.91 Å². The summed E-state index contributed by atoms with van der Waals surface area (Å²) in [5.41, 5.74) is 5.71. The second-order valence-electron chi connectivity index (χ2n) is 6.79. The molecule has 29 heavy (non-hydrogen) atoms. The van der Waals surface area contributed by atoms with Gasteiger partial charge in [0.15, 0.2) is 5.58 Å². The maximum atomic E-state index is 12.4. The van der Waals surface area contributed by atoms with E-state index in [1.54, 1.807) is 12.1 Å². The monoisotopic (exact) mass is 468 g/mol.